The summed E-state index contributed by atoms with van der Waals surface area (Å²) in [6, 6.07) is 9.98. The van der Waals surface area contributed by atoms with E-state index in [1.54, 1.807) is 45.0 Å². The number of benzene rings is 2. The second kappa shape index (κ2) is 12.6. The number of aromatic nitrogens is 2. The van der Waals surface area contributed by atoms with Crippen LogP contribution in [0.5, 0.6) is 5.75 Å². The van der Waals surface area contributed by atoms with Crippen LogP contribution in [0.1, 0.15) is 62.5 Å². The molecule has 0 fully saturated rings. The molecule has 1 aliphatic heterocycles. The minimum absolute atomic E-state index is 0.0587. The van der Waals surface area contributed by atoms with Gasteiger partial charge in [0.15, 0.2) is 0 Å². The van der Waals surface area contributed by atoms with Crippen LogP contribution in [0.2, 0.25) is 0 Å². The summed E-state index contributed by atoms with van der Waals surface area (Å²) in [5.41, 5.74) is 8.98. The third kappa shape index (κ3) is 7.97. The van der Waals surface area contributed by atoms with Crippen molar-refractivity contribution in [1.82, 2.24) is 15.3 Å². The molecular formula is C31H37FN6O5. The fourth-order valence-electron chi connectivity index (χ4n) is 4.80. The van der Waals surface area contributed by atoms with E-state index >= 15 is 0 Å². The normalized spacial score (nSPS) is 15.2. The number of anilines is 3. The molecule has 1 unspecified atom stereocenters. The average Bonchev–Trinajstić information content (AvgIpc) is 2.90. The SMILES string of the molecule is Cc1nc(Nc2ccc(F)cc2)nc(N2CCc3cc(OC(=O)[C@H](CC(N)=O)NC(=O)OC(C)(C)C)ccc3C2C)c1C. The van der Waals surface area contributed by atoms with Crippen molar-refractivity contribution in [3.8, 4) is 5.75 Å². The van der Waals surface area contributed by atoms with Crippen LogP contribution in [0.15, 0.2) is 42.5 Å². The van der Waals surface area contributed by atoms with E-state index < -0.39 is 36.0 Å². The van der Waals surface area contributed by atoms with Gasteiger partial charge in [-0.2, -0.15) is 4.98 Å². The van der Waals surface area contributed by atoms with Gasteiger partial charge >= 0.3 is 12.1 Å². The molecule has 2 amide bonds. The Morgan fingerprint density at radius 1 is 1.12 bits per heavy atom. The lowest BCUT2D eigenvalue weighted by atomic mass is 9.93. The van der Waals surface area contributed by atoms with Gasteiger partial charge in [0.25, 0.3) is 0 Å². The van der Waals surface area contributed by atoms with Crippen molar-refractivity contribution < 1.29 is 28.2 Å². The molecule has 0 aliphatic carbocycles. The van der Waals surface area contributed by atoms with Gasteiger partial charge in [0.1, 0.15) is 29.0 Å². The van der Waals surface area contributed by atoms with Crippen molar-refractivity contribution in [1.29, 1.82) is 0 Å². The van der Waals surface area contributed by atoms with E-state index in [-0.39, 0.29) is 17.6 Å². The van der Waals surface area contributed by atoms with Crippen LogP contribution in [0.4, 0.5) is 26.6 Å². The van der Waals surface area contributed by atoms with Crippen LogP contribution >= 0.6 is 0 Å². The first-order valence-corrected chi connectivity index (χ1v) is 14.0. The highest BCUT2D eigenvalue weighted by Crippen LogP contribution is 2.36. The molecule has 0 saturated carbocycles. The van der Waals surface area contributed by atoms with Crippen LogP contribution in [0.25, 0.3) is 0 Å². The zero-order valence-electron chi connectivity index (χ0n) is 25.2. The second-order valence-electron chi connectivity index (χ2n) is 11.5. The maximum Gasteiger partial charge on any atom is 0.408 e. The van der Waals surface area contributed by atoms with E-state index in [9.17, 15) is 18.8 Å². The lowest BCUT2D eigenvalue weighted by Crippen LogP contribution is -2.47. The Hall–Kier alpha value is -4.74. The van der Waals surface area contributed by atoms with Crippen LogP contribution in [0.3, 0.4) is 0 Å². The van der Waals surface area contributed by atoms with Crippen LogP contribution in [-0.4, -0.2) is 46.1 Å². The maximum absolute atomic E-state index is 13.3. The molecule has 2 atom stereocenters. The van der Waals surface area contributed by atoms with Crippen molar-refractivity contribution in [2.24, 2.45) is 5.73 Å². The molecule has 2 heterocycles. The van der Waals surface area contributed by atoms with E-state index in [0.717, 1.165) is 28.2 Å². The number of nitrogens with one attached hydrogen (secondary N) is 2. The molecule has 0 radical (unpaired) electrons. The molecule has 12 heteroatoms. The molecule has 3 aromatic rings. The number of nitrogens with two attached hydrogens (primary N) is 1. The number of primary amides is 1. The minimum atomic E-state index is -1.31. The first kappa shape index (κ1) is 31.2. The zero-order valence-corrected chi connectivity index (χ0v) is 25.2. The molecule has 0 bridgehead atoms. The van der Waals surface area contributed by atoms with Crippen molar-refractivity contribution in [2.75, 3.05) is 16.8 Å². The molecule has 11 nitrogen and oxygen atoms in total. The first-order valence-electron chi connectivity index (χ1n) is 14.0. The van der Waals surface area contributed by atoms with Gasteiger partial charge < -0.3 is 30.7 Å². The highest BCUT2D eigenvalue weighted by atomic mass is 19.1. The monoisotopic (exact) mass is 592 g/mol. The third-order valence-corrected chi connectivity index (χ3v) is 6.99. The Morgan fingerprint density at radius 2 is 1.81 bits per heavy atom. The van der Waals surface area contributed by atoms with Gasteiger partial charge in [0, 0.05) is 23.5 Å². The first-order chi connectivity index (χ1) is 20.2. The smallest absolute Gasteiger partial charge is 0.408 e. The predicted octanol–water partition coefficient (Wildman–Crippen LogP) is 4.77. The maximum atomic E-state index is 13.3. The lowest BCUT2D eigenvalue weighted by molar-refractivity contribution is -0.138. The summed E-state index contributed by atoms with van der Waals surface area (Å²) < 4.78 is 24.1. The summed E-state index contributed by atoms with van der Waals surface area (Å²) in [4.78, 5) is 48.3. The van der Waals surface area contributed by atoms with Gasteiger partial charge in [0.05, 0.1) is 12.5 Å². The average molecular weight is 593 g/mol. The number of hydrogen-bond donors (Lipinski definition) is 3. The number of halogens is 1. The van der Waals surface area contributed by atoms with E-state index in [1.165, 1.54) is 12.1 Å². The molecule has 43 heavy (non-hydrogen) atoms. The summed E-state index contributed by atoms with van der Waals surface area (Å²) in [5, 5.41) is 5.53. The number of alkyl carbamates (subject to hydrolysis) is 1. The summed E-state index contributed by atoms with van der Waals surface area (Å²) in [6.45, 7) is 11.7. The summed E-state index contributed by atoms with van der Waals surface area (Å²) in [5.74, 6) is -0.450. The van der Waals surface area contributed by atoms with Crippen molar-refractivity contribution in [2.45, 2.75) is 72.1 Å². The quantitative estimate of drug-likeness (QED) is 0.248. The molecule has 4 rings (SSSR count). The number of carbonyl (C=O) groups is 3. The van der Waals surface area contributed by atoms with Crippen molar-refractivity contribution in [3.05, 3.63) is 70.7 Å². The Bertz CT molecular complexity index is 1520. The number of ether oxygens (including phenoxy) is 2. The van der Waals surface area contributed by atoms with Gasteiger partial charge in [-0.15, -0.1) is 0 Å². The highest BCUT2D eigenvalue weighted by Gasteiger charge is 2.30. The molecule has 228 valence electrons. The van der Waals surface area contributed by atoms with Gasteiger partial charge in [-0.25, -0.2) is 19.0 Å². The van der Waals surface area contributed by atoms with Crippen LogP contribution < -0.4 is 26.0 Å². The Balaban J connectivity index is 1.51. The lowest BCUT2D eigenvalue weighted by Gasteiger charge is -2.37. The molecule has 1 aliphatic rings. The molecule has 2 aromatic carbocycles. The van der Waals surface area contributed by atoms with Crippen molar-refractivity contribution in [3.63, 3.8) is 0 Å². The summed E-state index contributed by atoms with van der Waals surface area (Å²) >= 11 is 0. The second-order valence-corrected chi connectivity index (χ2v) is 11.5. The zero-order chi connectivity index (χ0) is 31.5. The van der Waals surface area contributed by atoms with Gasteiger partial charge in [-0.1, -0.05) is 6.07 Å². The Labute approximate surface area is 250 Å². The Morgan fingerprint density at radius 3 is 2.47 bits per heavy atom. The van der Waals surface area contributed by atoms with E-state index in [2.05, 4.69) is 27.4 Å². The van der Waals surface area contributed by atoms with Gasteiger partial charge in [-0.05, 0) is 95.5 Å². The largest absolute Gasteiger partial charge is 0.444 e. The van der Waals surface area contributed by atoms with Crippen molar-refractivity contribution >= 4 is 35.4 Å². The van der Waals surface area contributed by atoms with Gasteiger partial charge in [-0.3, -0.25) is 4.79 Å². The van der Waals surface area contributed by atoms with Crippen LogP contribution in [-0.2, 0) is 20.7 Å². The van der Waals surface area contributed by atoms with E-state index in [4.69, 9.17) is 20.2 Å². The third-order valence-electron chi connectivity index (χ3n) is 6.99. The number of nitrogens with zero attached hydrogens (tertiary/aromatic N) is 3. The molecule has 0 spiro atoms. The predicted molar refractivity (Wildman–Crippen MR) is 160 cm³/mol. The summed E-state index contributed by atoms with van der Waals surface area (Å²) in [7, 11) is 0. The number of aryl methyl sites for hydroxylation is 1. The molecular weight excluding hydrogens is 555 g/mol. The highest BCUT2D eigenvalue weighted by molar-refractivity contribution is 5.88. The number of amides is 2. The van der Waals surface area contributed by atoms with Crippen LogP contribution in [0, 0.1) is 19.7 Å². The van der Waals surface area contributed by atoms with E-state index in [1.807, 2.05) is 19.9 Å². The topological polar surface area (TPSA) is 149 Å². The molecule has 4 N–H and O–H groups in total. The minimum Gasteiger partial charge on any atom is -0.444 e. The summed E-state index contributed by atoms with van der Waals surface area (Å²) in [6.07, 6.45) is -0.652. The number of carbonyl (C=O) groups excluding carboxylic acids is 3. The number of esters is 1. The number of rotatable bonds is 8. The fraction of sp³-hybridized carbons (Fsp3) is 0.387. The number of fused-ring (bicyclic) bond motifs is 1. The molecule has 1 aromatic heterocycles. The number of hydrogen-bond acceptors (Lipinski definition) is 9. The standard InChI is InChI=1S/C31H37FN6O5/c1-17-18(2)34-29(35-22-9-7-21(32)8-10-22)37-27(17)38-14-13-20-15-23(11-12-24(20)19(38)3)42-28(40)25(16-26(33)39)36-30(41)43-31(4,5)6/h7-12,15,19,25H,13-14,16H2,1-6H3,(H2,33,39)(H,36,41)(H,34,35,37)/t19?,25-/m0/s1. The van der Waals surface area contributed by atoms with E-state index in [0.29, 0.717) is 24.6 Å². The fourth-order valence-corrected chi connectivity index (χ4v) is 4.80. The molecule has 0 saturated heterocycles. The van der Waals surface area contributed by atoms with Gasteiger partial charge in [0.2, 0.25) is 11.9 Å². The Kier molecular flexibility index (Phi) is 9.17.